The van der Waals surface area contributed by atoms with E-state index in [2.05, 4.69) is 30.0 Å². The van der Waals surface area contributed by atoms with E-state index in [0.29, 0.717) is 6.42 Å². The summed E-state index contributed by atoms with van der Waals surface area (Å²) in [5, 5.41) is 0. The second-order valence-corrected chi connectivity index (χ2v) is 9.35. The van der Waals surface area contributed by atoms with Crippen LogP contribution in [0.4, 0.5) is 0 Å². The third kappa shape index (κ3) is 3.81. The Morgan fingerprint density at radius 2 is 2.12 bits per heavy atom. The lowest BCUT2D eigenvalue weighted by Gasteiger charge is -2.31. The smallest absolute Gasteiger partial charge is 0.239 e. The van der Waals surface area contributed by atoms with Crippen LogP contribution in [0.1, 0.15) is 30.4 Å². The molecule has 0 N–H and O–H groups in total. The average molecular weight is 350 g/mol. The van der Waals surface area contributed by atoms with Crippen LogP contribution in [0.2, 0.25) is 0 Å². The van der Waals surface area contributed by atoms with E-state index in [1.54, 1.807) is 11.9 Å². The highest BCUT2D eigenvalue weighted by Crippen LogP contribution is 2.24. The Kier molecular flexibility index (Phi) is 4.97. The van der Waals surface area contributed by atoms with Crippen molar-refractivity contribution in [3.05, 3.63) is 35.4 Å². The first kappa shape index (κ1) is 17.4. The van der Waals surface area contributed by atoms with Crippen LogP contribution in [-0.2, 0) is 21.2 Å². The summed E-state index contributed by atoms with van der Waals surface area (Å²) in [6, 6.07) is 8.09. The summed E-state index contributed by atoms with van der Waals surface area (Å²) < 4.78 is 23.4. The molecular formula is C18H26N2O3S. The first-order valence-corrected chi connectivity index (χ1v) is 10.4. The molecule has 2 heterocycles. The lowest BCUT2D eigenvalue weighted by atomic mass is 10.1. The Labute approximate surface area is 144 Å². The number of hydrogen-bond donors (Lipinski definition) is 0. The summed E-state index contributed by atoms with van der Waals surface area (Å²) >= 11 is 0. The predicted octanol–water partition coefficient (Wildman–Crippen LogP) is 1.60. The molecule has 0 aromatic heterocycles. The number of carbonyl (C=O) groups is 1. The molecule has 2 aliphatic rings. The maximum absolute atomic E-state index is 12.9. The monoisotopic (exact) mass is 350 g/mol. The number of aryl methyl sites for hydroxylation is 1. The van der Waals surface area contributed by atoms with E-state index in [0.717, 1.165) is 25.9 Å². The molecule has 1 aromatic carbocycles. The second kappa shape index (κ2) is 6.84. The van der Waals surface area contributed by atoms with E-state index in [1.807, 2.05) is 6.07 Å². The van der Waals surface area contributed by atoms with Gasteiger partial charge in [-0.15, -0.1) is 0 Å². The van der Waals surface area contributed by atoms with Crippen LogP contribution in [0, 0.1) is 6.92 Å². The molecule has 2 unspecified atom stereocenters. The number of amides is 1. The SMILES string of the molecule is Cc1cccc(CN2CCCC2C(=O)N(C)C2CCS(=O)(=O)C2)c1. The fourth-order valence-corrected chi connectivity index (χ4v) is 5.61. The molecule has 0 radical (unpaired) electrons. The van der Waals surface area contributed by atoms with Crippen LogP contribution in [0.15, 0.2) is 24.3 Å². The van der Waals surface area contributed by atoms with Gasteiger partial charge in [-0.25, -0.2) is 8.42 Å². The second-order valence-electron chi connectivity index (χ2n) is 7.12. The van der Waals surface area contributed by atoms with Crippen LogP contribution in [0.3, 0.4) is 0 Å². The molecule has 2 atom stereocenters. The lowest BCUT2D eigenvalue weighted by Crippen LogP contribution is -2.48. The van der Waals surface area contributed by atoms with E-state index in [1.165, 1.54) is 11.1 Å². The van der Waals surface area contributed by atoms with Crippen molar-refractivity contribution in [1.29, 1.82) is 0 Å². The zero-order valence-electron chi connectivity index (χ0n) is 14.4. The van der Waals surface area contributed by atoms with Crippen LogP contribution >= 0.6 is 0 Å². The van der Waals surface area contributed by atoms with E-state index < -0.39 is 9.84 Å². The van der Waals surface area contributed by atoms with Crippen molar-refractivity contribution in [3.8, 4) is 0 Å². The number of carbonyl (C=O) groups excluding carboxylic acids is 1. The molecule has 1 aromatic rings. The fraction of sp³-hybridized carbons (Fsp3) is 0.611. The molecule has 0 spiro atoms. The van der Waals surface area contributed by atoms with Crippen molar-refractivity contribution < 1.29 is 13.2 Å². The molecule has 1 amide bonds. The summed E-state index contributed by atoms with van der Waals surface area (Å²) in [5.74, 6) is 0.384. The fourth-order valence-electron chi connectivity index (χ4n) is 3.84. The minimum Gasteiger partial charge on any atom is -0.340 e. The molecule has 0 aliphatic carbocycles. The molecule has 2 aliphatic heterocycles. The molecule has 3 rings (SSSR count). The Bertz CT molecular complexity index is 717. The minimum absolute atomic E-state index is 0.0715. The molecule has 24 heavy (non-hydrogen) atoms. The number of likely N-dealkylation sites (tertiary alicyclic amines) is 1. The van der Waals surface area contributed by atoms with Crippen molar-refractivity contribution in [2.24, 2.45) is 0 Å². The quantitative estimate of drug-likeness (QED) is 0.828. The summed E-state index contributed by atoms with van der Waals surface area (Å²) in [4.78, 5) is 16.8. The normalized spacial score (nSPS) is 26.6. The summed E-state index contributed by atoms with van der Waals surface area (Å²) in [7, 11) is -1.21. The molecule has 5 nitrogen and oxygen atoms in total. The number of nitrogens with zero attached hydrogens (tertiary/aromatic N) is 2. The van der Waals surface area contributed by atoms with Crippen molar-refractivity contribution >= 4 is 15.7 Å². The van der Waals surface area contributed by atoms with Gasteiger partial charge in [0.2, 0.25) is 5.91 Å². The zero-order chi connectivity index (χ0) is 17.3. The lowest BCUT2D eigenvalue weighted by molar-refractivity contribution is -0.136. The topological polar surface area (TPSA) is 57.7 Å². The number of sulfone groups is 1. The predicted molar refractivity (Wildman–Crippen MR) is 94.4 cm³/mol. The molecule has 6 heteroatoms. The van der Waals surface area contributed by atoms with Gasteiger partial charge in [-0.3, -0.25) is 9.69 Å². The Balaban J connectivity index is 1.67. The van der Waals surface area contributed by atoms with Crippen LogP contribution in [-0.4, -0.2) is 61.3 Å². The molecular weight excluding hydrogens is 324 g/mol. The number of benzene rings is 1. The van der Waals surface area contributed by atoms with Crippen LogP contribution < -0.4 is 0 Å². The summed E-state index contributed by atoms with van der Waals surface area (Å²) in [6.07, 6.45) is 2.43. The van der Waals surface area contributed by atoms with Crippen LogP contribution in [0.25, 0.3) is 0 Å². The Hall–Kier alpha value is -1.40. The third-order valence-electron chi connectivity index (χ3n) is 5.22. The van der Waals surface area contributed by atoms with Gasteiger partial charge in [0.05, 0.1) is 17.5 Å². The molecule has 0 saturated carbocycles. The molecule has 2 fully saturated rings. The van der Waals surface area contributed by atoms with Gasteiger partial charge in [-0.1, -0.05) is 29.8 Å². The molecule has 2 saturated heterocycles. The molecule has 132 valence electrons. The standard InChI is InChI=1S/C18H26N2O3S/c1-14-5-3-6-15(11-14)12-20-9-4-7-17(20)18(21)19(2)16-8-10-24(22,23)13-16/h3,5-6,11,16-17H,4,7-10,12-13H2,1-2H3. The van der Waals surface area contributed by atoms with Gasteiger partial charge in [-0.05, 0) is 38.3 Å². The average Bonchev–Trinajstić information content (AvgIpc) is 3.12. The van der Waals surface area contributed by atoms with Crippen molar-refractivity contribution in [2.75, 3.05) is 25.1 Å². The number of rotatable bonds is 4. The Morgan fingerprint density at radius 1 is 1.33 bits per heavy atom. The van der Waals surface area contributed by atoms with Gasteiger partial charge in [-0.2, -0.15) is 0 Å². The van der Waals surface area contributed by atoms with Gasteiger partial charge in [0.1, 0.15) is 0 Å². The first-order valence-electron chi connectivity index (χ1n) is 8.62. The largest absolute Gasteiger partial charge is 0.340 e. The van der Waals surface area contributed by atoms with Crippen molar-refractivity contribution in [1.82, 2.24) is 9.80 Å². The van der Waals surface area contributed by atoms with E-state index >= 15 is 0 Å². The highest BCUT2D eigenvalue weighted by Gasteiger charge is 2.38. The van der Waals surface area contributed by atoms with Gasteiger partial charge in [0, 0.05) is 19.6 Å². The van der Waals surface area contributed by atoms with Gasteiger partial charge < -0.3 is 4.90 Å². The Morgan fingerprint density at radius 3 is 2.79 bits per heavy atom. The van der Waals surface area contributed by atoms with E-state index in [-0.39, 0.29) is 29.5 Å². The maximum Gasteiger partial charge on any atom is 0.239 e. The first-order chi connectivity index (χ1) is 11.4. The van der Waals surface area contributed by atoms with E-state index in [4.69, 9.17) is 0 Å². The summed E-state index contributed by atoms with van der Waals surface area (Å²) in [5.41, 5.74) is 2.45. The highest BCUT2D eigenvalue weighted by atomic mass is 32.2. The van der Waals surface area contributed by atoms with E-state index in [9.17, 15) is 13.2 Å². The number of hydrogen-bond acceptors (Lipinski definition) is 4. The van der Waals surface area contributed by atoms with Crippen molar-refractivity contribution in [3.63, 3.8) is 0 Å². The van der Waals surface area contributed by atoms with Crippen molar-refractivity contribution in [2.45, 2.75) is 44.8 Å². The minimum atomic E-state index is -2.97. The van der Waals surface area contributed by atoms with Gasteiger partial charge >= 0.3 is 0 Å². The summed E-state index contributed by atoms with van der Waals surface area (Å²) in [6.45, 7) is 3.76. The highest BCUT2D eigenvalue weighted by molar-refractivity contribution is 7.91. The van der Waals surface area contributed by atoms with Gasteiger partial charge in [0.15, 0.2) is 9.84 Å². The zero-order valence-corrected chi connectivity index (χ0v) is 15.3. The molecule has 0 bridgehead atoms. The van der Waals surface area contributed by atoms with Crippen LogP contribution in [0.5, 0.6) is 0 Å². The maximum atomic E-state index is 12.9. The number of likely N-dealkylation sites (N-methyl/N-ethyl adjacent to an activating group) is 1. The third-order valence-corrected chi connectivity index (χ3v) is 6.97. The van der Waals surface area contributed by atoms with Gasteiger partial charge in [0.25, 0.3) is 0 Å².